The molecule has 0 aliphatic rings. The highest BCUT2D eigenvalue weighted by molar-refractivity contribution is 4.67. The Morgan fingerprint density at radius 1 is 1.07 bits per heavy atom. The van der Waals surface area contributed by atoms with E-state index < -0.39 is 12.3 Å². The van der Waals surface area contributed by atoms with Crippen molar-refractivity contribution in [3.05, 3.63) is 0 Å². The Morgan fingerprint density at radius 2 is 1.71 bits per heavy atom. The summed E-state index contributed by atoms with van der Waals surface area (Å²) in [4.78, 5) is 0. The molecule has 0 spiro atoms. The number of hydrogen-bond acceptors (Lipinski definition) is 1. The molecular weight excluding hydrogens is 193 g/mol. The van der Waals surface area contributed by atoms with Crippen LogP contribution in [0.4, 0.5) is 13.2 Å². The van der Waals surface area contributed by atoms with E-state index in [0.717, 1.165) is 19.3 Å². The topological polar surface area (TPSA) is 9.23 Å². The van der Waals surface area contributed by atoms with E-state index in [1.165, 1.54) is 0 Å². The fraction of sp³-hybridized carbons (Fsp3) is 1.00. The van der Waals surface area contributed by atoms with E-state index in [1.807, 2.05) is 6.92 Å². The summed E-state index contributed by atoms with van der Waals surface area (Å²) in [5, 5.41) is 0. The fourth-order valence-electron chi connectivity index (χ4n) is 1.30. The smallest absolute Gasteiger partial charge is 0.369 e. The number of unbranched alkanes of at least 4 members (excludes halogenated alkanes) is 3. The van der Waals surface area contributed by atoms with Crippen molar-refractivity contribution in [2.24, 2.45) is 0 Å². The Bertz CT molecular complexity index is 134. The Kier molecular flexibility index (Phi) is 6.97. The van der Waals surface area contributed by atoms with E-state index in [4.69, 9.17) is 0 Å². The van der Waals surface area contributed by atoms with Gasteiger partial charge < -0.3 is 4.74 Å². The predicted octanol–water partition coefficient (Wildman–Crippen LogP) is 3.92. The molecule has 0 rings (SSSR count). The molecule has 1 atom stereocenters. The Balaban J connectivity index is 3.74. The molecule has 0 saturated carbocycles. The molecule has 0 saturated heterocycles. The average Bonchev–Trinajstić information content (AvgIpc) is 2.08. The summed E-state index contributed by atoms with van der Waals surface area (Å²) in [5.74, 6) is 0. The van der Waals surface area contributed by atoms with Gasteiger partial charge in [-0.2, -0.15) is 13.2 Å². The van der Waals surface area contributed by atoms with Crippen LogP contribution in [-0.4, -0.2) is 18.9 Å². The number of rotatable bonds is 7. The first kappa shape index (κ1) is 13.8. The van der Waals surface area contributed by atoms with Crippen LogP contribution in [0.15, 0.2) is 0 Å². The van der Waals surface area contributed by atoms with Crippen molar-refractivity contribution in [1.29, 1.82) is 0 Å². The molecule has 4 heteroatoms. The Morgan fingerprint density at radius 3 is 2.14 bits per heavy atom. The Hall–Kier alpha value is -0.250. The van der Waals surface area contributed by atoms with E-state index >= 15 is 0 Å². The maximum atomic E-state index is 12.3. The van der Waals surface area contributed by atoms with Gasteiger partial charge in [-0.25, -0.2) is 0 Å². The molecule has 0 heterocycles. The number of ether oxygens (including phenoxy) is 1. The summed E-state index contributed by atoms with van der Waals surface area (Å²) >= 11 is 0. The summed E-state index contributed by atoms with van der Waals surface area (Å²) in [6, 6.07) is 0. The molecular formula is C10H19F3O. The van der Waals surface area contributed by atoms with E-state index in [9.17, 15) is 13.2 Å². The van der Waals surface area contributed by atoms with Crippen LogP contribution in [-0.2, 0) is 4.74 Å². The minimum absolute atomic E-state index is 0.0946. The SMILES string of the molecule is CCCCCCC(OCC)C(F)(F)F. The zero-order valence-electron chi connectivity index (χ0n) is 8.86. The molecule has 0 aliphatic heterocycles. The van der Waals surface area contributed by atoms with Crippen LogP contribution in [0, 0.1) is 0 Å². The predicted molar refractivity (Wildman–Crippen MR) is 50.2 cm³/mol. The summed E-state index contributed by atoms with van der Waals surface area (Å²) in [6.07, 6.45) is -2.19. The highest BCUT2D eigenvalue weighted by Gasteiger charge is 2.39. The molecule has 0 radical (unpaired) electrons. The first-order chi connectivity index (χ1) is 6.52. The first-order valence-corrected chi connectivity index (χ1v) is 5.20. The van der Waals surface area contributed by atoms with Crippen LogP contribution in [0.2, 0.25) is 0 Å². The summed E-state index contributed by atoms with van der Waals surface area (Å²) < 4.78 is 41.5. The lowest BCUT2D eigenvalue weighted by atomic mass is 10.1. The highest BCUT2D eigenvalue weighted by atomic mass is 19.4. The van der Waals surface area contributed by atoms with Gasteiger partial charge >= 0.3 is 6.18 Å². The summed E-state index contributed by atoms with van der Waals surface area (Å²) in [6.45, 7) is 3.74. The monoisotopic (exact) mass is 212 g/mol. The van der Waals surface area contributed by atoms with Crippen molar-refractivity contribution >= 4 is 0 Å². The van der Waals surface area contributed by atoms with Gasteiger partial charge in [-0.3, -0.25) is 0 Å². The zero-order chi connectivity index (χ0) is 11.0. The second-order valence-corrected chi connectivity index (χ2v) is 3.33. The minimum atomic E-state index is -4.21. The third kappa shape index (κ3) is 6.24. The van der Waals surface area contributed by atoms with Crippen molar-refractivity contribution in [1.82, 2.24) is 0 Å². The number of alkyl halides is 3. The van der Waals surface area contributed by atoms with Crippen molar-refractivity contribution in [2.45, 2.75) is 58.2 Å². The lowest BCUT2D eigenvalue weighted by molar-refractivity contribution is -0.221. The standard InChI is InChI=1S/C10H19F3O/c1-3-5-6-7-8-9(14-4-2)10(11,12)13/h9H,3-8H2,1-2H3. The van der Waals surface area contributed by atoms with E-state index in [1.54, 1.807) is 6.92 Å². The summed E-state index contributed by atoms with van der Waals surface area (Å²) in [5.41, 5.74) is 0. The van der Waals surface area contributed by atoms with Crippen molar-refractivity contribution in [3.8, 4) is 0 Å². The average molecular weight is 212 g/mol. The van der Waals surface area contributed by atoms with Gasteiger partial charge in [0, 0.05) is 6.61 Å². The normalized spacial score (nSPS) is 14.4. The first-order valence-electron chi connectivity index (χ1n) is 5.20. The van der Waals surface area contributed by atoms with Crippen LogP contribution in [0.5, 0.6) is 0 Å². The molecule has 86 valence electrons. The molecule has 0 N–H and O–H groups in total. The second-order valence-electron chi connectivity index (χ2n) is 3.33. The number of halogens is 3. The van der Waals surface area contributed by atoms with Gasteiger partial charge in [-0.15, -0.1) is 0 Å². The van der Waals surface area contributed by atoms with Crippen molar-refractivity contribution in [3.63, 3.8) is 0 Å². The molecule has 0 aliphatic carbocycles. The number of hydrogen-bond donors (Lipinski definition) is 0. The van der Waals surface area contributed by atoms with Crippen LogP contribution < -0.4 is 0 Å². The van der Waals surface area contributed by atoms with Gasteiger partial charge in [-0.05, 0) is 13.3 Å². The maximum Gasteiger partial charge on any atom is 0.414 e. The highest BCUT2D eigenvalue weighted by Crippen LogP contribution is 2.26. The van der Waals surface area contributed by atoms with Gasteiger partial charge in [0.05, 0.1) is 0 Å². The quantitative estimate of drug-likeness (QED) is 0.581. The lowest BCUT2D eigenvalue weighted by Crippen LogP contribution is -2.31. The molecule has 0 fully saturated rings. The Labute approximate surface area is 83.6 Å². The molecule has 14 heavy (non-hydrogen) atoms. The molecule has 0 bridgehead atoms. The van der Waals surface area contributed by atoms with Gasteiger partial charge in [0.1, 0.15) is 0 Å². The van der Waals surface area contributed by atoms with Crippen molar-refractivity contribution < 1.29 is 17.9 Å². The molecule has 0 aromatic heterocycles. The third-order valence-electron chi connectivity index (χ3n) is 2.05. The summed E-state index contributed by atoms with van der Waals surface area (Å²) in [7, 11) is 0. The maximum absolute atomic E-state index is 12.3. The van der Waals surface area contributed by atoms with Crippen LogP contribution in [0.3, 0.4) is 0 Å². The van der Waals surface area contributed by atoms with Crippen molar-refractivity contribution in [2.75, 3.05) is 6.61 Å². The van der Waals surface area contributed by atoms with Gasteiger partial charge in [0.25, 0.3) is 0 Å². The third-order valence-corrected chi connectivity index (χ3v) is 2.05. The van der Waals surface area contributed by atoms with Gasteiger partial charge in [0.15, 0.2) is 6.10 Å². The molecule has 1 unspecified atom stereocenters. The second kappa shape index (κ2) is 7.10. The lowest BCUT2D eigenvalue weighted by Gasteiger charge is -2.19. The van der Waals surface area contributed by atoms with E-state index in [0.29, 0.717) is 6.42 Å². The van der Waals surface area contributed by atoms with Crippen LogP contribution in [0.1, 0.15) is 46.0 Å². The van der Waals surface area contributed by atoms with Gasteiger partial charge in [0.2, 0.25) is 0 Å². The molecule has 0 aromatic rings. The fourth-order valence-corrected chi connectivity index (χ4v) is 1.30. The van der Waals surface area contributed by atoms with Gasteiger partial charge in [-0.1, -0.05) is 32.6 Å². The largest absolute Gasteiger partial charge is 0.414 e. The molecule has 0 amide bonds. The molecule has 0 aromatic carbocycles. The zero-order valence-corrected chi connectivity index (χ0v) is 8.86. The van der Waals surface area contributed by atoms with E-state index in [-0.39, 0.29) is 13.0 Å². The van der Waals surface area contributed by atoms with Crippen LogP contribution in [0.25, 0.3) is 0 Å². The molecule has 1 nitrogen and oxygen atoms in total. The van der Waals surface area contributed by atoms with Crippen LogP contribution >= 0.6 is 0 Å². The van der Waals surface area contributed by atoms with E-state index in [2.05, 4.69) is 4.74 Å². The minimum Gasteiger partial charge on any atom is -0.369 e.